The van der Waals surface area contributed by atoms with Crippen LogP contribution < -0.4 is 10.9 Å². The first-order valence-electron chi connectivity index (χ1n) is 7.45. The van der Waals surface area contributed by atoms with Crippen molar-refractivity contribution in [3.8, 4) is 6.07 Å². The van der Waals surface area contributed by atoms with Crippen LogP contribution in [-0.2, 0) is 17.1 Å². The lowest BCUT2D eigenvalue weighted by Gasteiger charge is -2.05. The second-order valence-electron chi connectivity index (χ2n) is 5.22. The van der Waals surface area contributed by atoms with Crippen LogP contribution in [0, 0.1) is 11.3 Å². The number of amides is 1. The topological polar surface area (TPSA) is 87.3 Å². The summed E-state index contributed by atoms with van der Waals surface area (Å²) in [7, 11) is 0. The first-order valence-corrected chi connectivity index (χ1v) is 9.48. The van der Waals surface area contributed by atoms with Crippen LogP contribution in [0.1, 0.15) is 16.8 Å². The molecule has 126 valence electrons. The van der Waals surface area contributed by atoms with Gasteiger partial charge in [-0.05, 0) is 17.7 Å². The third-order valence-corrected chi connectivity index (χ3v) is 5.13. The van der Waals surface area contributed by atoms with Crippen molar-refractivity contribution in [1.82, 2.24) is 14.7 Å². The quantitative estimate of drug-likeness (QED) is 0.719. The van der Waals surface area contributed by atoms with E-state index < -0.39 is 0 Å². The average Bonchev–Trinajstić information content (AvgIpc) is 3.09. The third kappa shape index (κ3) is 4.47. The maximum absolute atomic E-state index is 11.9. The predicted molar refractivity (Wildman–Crippen MR) is 98.5 cm³/mol. The molecule has 0 saturated heterocycles. The van der Waals surface area contributed by atoms with Crippen LogP contribution in [0.4, 0.5) is 0 Å². The molecule has 0 atom stereocenters. The number of hydrogen-bond donors (Lipinski definition) is 1. The Bertz CT molecular complexity index is 986. The average molecular weight is 370 g/mol. The molecular weight excluding hydrogens is 356 g/mol. The Kier molecular flexibility index (Phi) is 5.48. The number of nitriles is 1. The van der Waals surface area contributed by atoms with Crippen molar-refractivity contribution in [1.29, 1.82) is 5.26 Å². The Balaban J connectivity index is 1.47. The van der Waals surface area contributed by atoms with Gasteiger partial charge in [-0.25, -0.2) is 4.98 Å². The lowest BCUT2D eigenvalue weighted by molar-refractivity contribution is -0.118. The lowest BCUT2D eigenvalue weighted by Crippen LogP contribution is -2.24. The monoisotopic (exact) mass is 370 g/mol. The van der Waals surface area contributed by atoms with Crippen LogP contribution >= 0.6 is 23.1 Å². The lowest BCUT2D eigenvalue weighted by atomic mass is 10.1. The van der Waals surface area contributed by atoms with Crippen LogP contribution in [0.25, 0.3) is 4.96 Å². The fourth-order valence-electron chi connectivity index (χ4n) is 2.16. The number of rotatable bonds is 6. The van der Waals surface area contributed by atoms with Gasteiger partial charge in [0.2, 0.25) is 5.91 Å². The molecule has 0 aliphatic rings. The van der Waals surface area contributed by atoms with Gasteiger partial charge in [0.15, 0.2) is 4.96 Å². The summed E-state index contributed by atoms with van der Waals surface area (Å²) in [6.45, 7) is 0.422. The van der Waals surface area contributed by atoms with Crippen molar-refractivity contribution in [2.24, 2.45) is 0 Å². The summed E-state index contributed by atoms with van der Waals surface area (Å²) >= 11 is 2.82. The van der Waals surface area contributed by atoms with Gasteiger partial charge in [0.25, 0.3) is 5.56 Å². The fraction of sp³-hybridized carbons (Fsp3) is 0.176. The van der Waals surface area contributed by atoms with E-state index in [9.17, 15) is 9.59 Å². The first-order chi connectivity index (χ1) is 12.2. The second-order valence-corrected chi connectivity index (χ2v) is 7.08. The van der Waals surface area contributed by atoms with E-state index in [0.717, 1.165) is 5.56 Å². The minimum atomic E-state index is -0.105. The molecule has 0 unspecified atom stereocenters. The molecule has 1 N–H and O–H groups in total. The highest BCUT2D eigenvalue weighted by molar-refractivity contribution is 7.99. The van der Waals surface area contributed by atoms with E-state index in [-0.39, 0.29) is 11.5 Å². The standard InChI is InChI=1S/C17H14N4O2S2/c18-8-12-1-3-13(4-2-12)9-19-15(22)11-24-10-14-7-16(23)21-5-6-25-17(21)20-14/h1-7H,9-11H2,(H,19,22). The number of thiazole rings is 1. The molecule has 0 fully saturated rings. The van der Waals surface area contributed by atoms with Crippen molar-refractivity contribution in [2.45, 2.75) is 12.3 Å². The van der Waals surface area contributed by atoms with Gasteiger partial charge in [-0.3, -0.25) is 14.0 Å². The molecule has 1 amide bonds. The Labute approximate surface area is 152 Å². The van der Waals surface area contributed by atoms with Crippen molar-refractivity contribution < 1.29 is 4.79 Å². The largest absolute Gasteiger partial charge is 0.351 e. The fourth-order valence-corrected chi connectivity index (χ4v) is 3.64. The van der Waals surface area contributed by atoms with Crippen molar-refractivity contribution in [3.05, 3.63) is 69.1 Å². The number of thioether (sulfide) groups is 1. The molecule has 0 radical (unpaired) electrons. The molecule has 8 heteroatoms. The summed E-state index contributed by atoms with van der Waals surface area (Å²) in [5, 5.41) is 13.4. The van der Waals surface area contributed by atoms with Crippen molar-refractivity contribution in [2.75, 3.05) is 5.75 Å². The molecule has 25 heavy (non-hydrogen) atoms. The summed E-state index contributed by atoms with van der Waals surface area (Å²) in [4.78, 5) is 28.8. The number of nitrogens with zero attached hydrogens (tertiary/aromatic N) is 3. The van der Waals surface area contributed by atoms with E-state index >= 15 is 0 Å². The number of nitrogens with one attached hydrogen (secondary N) is 1. The zero-order valence-corrected chi connectivity index (χ0v) is 14.8. The molecule has 0 saturated carbocycles. The van der Waals surface area contributed by atoms with E-state index in [4.69, 9.17) is 5.26 Å². The van der Waals surface area contributed by atoms with Crippen molar-refractivity contribution >= 4 is 34.0 Å². The van der Waals surface area contributed by atoms with Gasteiger partial charge in [0.05, 0.1) is 23.1 Å². The molecule has 0 aliphatic carbocycles. The highest BCUT2D eigenvalue weighted by Gasteiger charge is 2.06. The number of hydrogen-bond acceptors (Lipinski definition) is 6. The maximum atomic E-state index is 11.9. The van der Waals surface area contributed by atoms with Gasteiger partial charge in [0.1, 0.15) is 0 Å². The van der Waals surface area contributed by atoms with Gasteiger partial charge in [0, 0.05) is 29.9 Å². The van der Waals surface area contributed by atoms with Crippen molar-refractivity contribution in [3.63, 3.8) is 0 Å². The van der Waals surface area contributed by atoms with Crippen LogP contribution in [0.2, 0.25) is 0 Å². The van der Waals surface area contributed by atoms with Crippen LogP contribution in [0.15, 0.2) is 46.7 Å². The number of aromatic nitrogens is 2. The Morgan fingerprint density at radius 2 is 2.16 bits per heavy atom. The molecule has 0 aliphatic heterocycles. The third-order valence-electron chi connectivity index (χ3n) is 3.41. The molecular formula is C17H14N4O2S2. The number of carbonyl (C=O) groups excluding carboxylic acids is 1. The number of carbonyl (C=O) groups is 1. The molecule has 3 rings (SSSR count). The smallest absolute Gasteiger partial charge is 0.258 e. The minimum absolute atomic E-state index is 0.0803. The Hall–Kier alpha value is -2.63. The predicted octanol–water partition coefficient (Wildman–Crippen LogP) is 2.18. The summed E-state index contributed by atoms with van der Waals surface area (Å²) < 4.78 is 1.50. The van der Waals surface area contributed by atoms with Crippen LogP contribution in [0.5, 0.6) is 0 Å². The number of fused-ring (bicyclic) bond motifs is 1. The molecule has 2 heterocycles. The molecule has 1 aromatic carbocycles. The highest BCUT2D eigenvalue weighted by atomic mass is 32.2. The van der Waals surface area contributed by atoms with E-state index in [2.05, 4.69) is 16.4 Å². The van der Waals surface area contributed by atoms with E-state index in [0.29, 0.717) is 34.3 Å². The maximum Gasteiger partial charge on any atom is 0.258 e. The van der Waals surface area contributed by atoms with Gasteiger partial charge in [-0.1, -0.05) is 12.1 Å². The normalized spacial score (nSPS) is 10.5. The van der Waals surface area contributed by atoms with E-state index in [1.807, 2.05) is 17.5 Å². The molecule has 3 aromatic rings. The summed E-state index contributed by atoms with van der Waals surface area (Å²) in [6.07, 6.45) is 1.70. The summed E-state index contributed by atoms with van der Waals surface area (Å²) in [5.74, 6) is 0.721. The second kappa shape index (κ2) is 7.96. The molecule has 2 aromatic heterocycles. The zero-order chi connectivity index (χ0) is 17.6. The zero-order valence-electron chi connectivity index (χ0n) is 13.1. The first kappa shape index (κ1) is 17.2. The highest BCUT2D eigenvalue weighted by Crippen LogP contribution is 2.12. The van der Waals surface area contributed by atoms with Gasteiger partial charge in [-0.2, -0.15) is 5.26 Å². The summed E-state index contributed by atoms with van der Waals surface area (Å²) in [6, 6.07) is 10.6. The number of benzene rings is 1. The van der Waals surface area contributed by atoms with Gasteiger partial charge >= 0.3 is 0 Å². The molecule has 6 nitrogen and oxygen atoms in total. The minimum Gasteiger partial charge on any atom is -0.351 e. The van der Waals surface area contributed by atoms with E-state index in [1.54, 1.807) is 18.3 Å². The summed E-state index contributed by atoms with van der Waals surface area (Å²) in [5.41, 5.74) is 2.11. The SMILES string of the molecule is N#Cc1ccc(CNC(=O)CSCc2cc(=O)n3ccsc3n2)cc1. The molecule has 0 bridgehead atoms. The Morgan fingerprint density at radius 3 is 2.92 bits per heavy atom. The molecule has 0 spiro atoms. The van der Waals surface area contributed by atoms with Gasteiger partial charge < -0.3 is 5.32 Å². The van der Waals surface area contributed by atoms with E-state index in [1.165, 1.54) is 33.6 Å². The van der Waals surface area contributed by atoms with Crippen LogP contribution in [-0.4, -0.2) is 21.0 Å². The van der Waals surface area contributed by atoms with Gasteiger partial charge in [-0.15, -0.1) is 23.1 Å². The Morgan fingerprint density at radius 1 is 1.36 bits per heavy atom. The van der Waals surface area contributed by atoms with Crippen LogP contribution in [0.3, 0.4) is 0 Å².